The Hall–Kier alpha value is -2.37. The average molecular weight is 343 g/mol. The fourth-order valence-corrected chi connectivity index (χ4v) is 3.17. The Kier molecular flexibility index (Phi) is 5.68. The SMILES string of the molecule is CCOc1ccc(-c2noc(CCC(=O)N3CCCCC3C)n2)cc1. The first-order valence-corrected chi connectivity index (χ1v) is 9.02. The number of benzene rings is 1. The Morgan fingerprint density at radius 1 is 1.32 bits per heavy atom. The van der Waals surface area contributed by atoms with Gasteiger partial charge in [0.15, 0.2) is 0 Å². The fourth-order valence-electron chi connectivity index (χ4n) is 3.17. The van der Waals surface area contributed by atoms with Crippen LogP contribution in [0.2, 0.25) is 0 Å². The number of hydrogen-bond acceptors (Lipinski definition) is 5. The second-order valence-electron chi connectivity index (χ2n) is 6.40. The molecule has 1 atom stereocenters. The first-order valence-electron chi connectivity index (χ1n) is 9.02. The highest BCUT2D eigenvalue weighted by atomic mass is 16.5. The number of piperidine rings is 1. The van der Waals surface area contributed by atoms with Crippen molar-refractivity contribution in [1.29, 1.82) is 0 Å². The Labute approximate surface area is 148 Å². The highest BCUT2D eigenvalue weighted by Crippen LogP contribution is 2.21. The summed E-state index contributed by atoms with van der Waals surface area (Å²) >= 11 is 0. The number of carbonyl (C=O) groups excluding carboxylic acids is 1. The van der Waals surface area contributed by atoms with Gasteiger partial charge in [0, 0.05) is 31.0 Å². The third-order valence-electron chi connectivity index (χ3n) is 4.57. The van der Waals surface area contributed by atoms with E-state index in [1.54, 1.807) is 0 Å². The van der Waals surface area contributed by atoms with E-state index in [9.17, 15) is 4.79 Å². The lowest BCUT2D eigenvalue weighted by Crippen LogP contribution is -2.42. The smallest absolute Gasteiger partial charge is 0.227 e. The van der Waals surface area contributed by atoms with Crippen molar-refractivity contribution in [1.82, 2.24) is 15.0 Å². The summed E-state index contributed by atoms with van der Waals surface area (Å²) in [4.78, 5) is 18.8. The molecule has 1 fully saturated rings. The second kappa shape index (κ2) is 8.14. The van der Waals surface area contributed by atoms with E-state index in [4.69, 9.17) is 9.26 Å². The molecule has 25 heavy (non-hydrogen) atoms. The van der Waals surface area contributed by atoms with Crippen LogP contribution in [0.15, 0.2) is 28.8 Å². The molecule has 6 heteroatoms. The van der Waals surface area contributed by atoms with Gasteiger partial charge in [0.05, 0.1) is 6.61 Å². The molecule has 1 aromatic heterocycles. The lowest BCUT2D eigenvalue weighted by molar-refractivity contribution is -0.134. The normalized spacial score (nSPS) is 17.5. The molecular weight excluding hydrogens is 318 g/mol. The van der Waals surface area contributed by atoms with E-state index in [-0.39, 0.29) is 5.91 Å². The predicted octanol–water partition coefficient (Wildman–Crippen LogP) is 3.47. The van der Waals surface area contributed by atoms with Crippen LogP contribution in [0.5, 0.6) is 5.75 Å². The van der Waals surface area contributed by atoms with Crippen LogP contribution in [0.1, 0.15) is 45.4 Å². The fraction of sp³-hybridized carbons (Fsp3) is 0.526. The number of nitrogens with zero attached hydrogens (tertiary/aromatic N) is 3. The summed E-state index contributed by atoms with van der Waals surface area (Å²) in [5.74, 6) is 2.03. The van der Waals surface area contributed by atoms with Crippen molar-refractivity contribution in [2.24, 2.45) is 0 Å². The van der Waals surface area contributed by atoms with Gasteiger partial charge in [-0.3, -0.25) is 4.79 Å². The summed E-state index contributed by atoms with van der Waals surface area (Å²) in [5.41, 5.74) is 0.870. The van der Waals surface area contributed by atoms with Crippen LogP contribution >= 0.6 is 0 Å². The van der Waals surface area contributed by atoms with E-state index < -0.39 is 0 Å². The van der Waals surface area contributed by atoms with Crippen molar-refractivity contribution in [3.05, 3.63) is 30.2 Å². The van der Waals surface area contributed by atoms with Crippen molar-refractivity contribution in [2.75, 3.05) is 13.2 Å². The van der Waals surface area contributed by atoms with Crippen LogP contribution in [-0.2, 0) is 11.2 Å². The maximum absolute atomic E-state index is 12.4. The van der Waals surface area contributed by atoms with Gasteiger partial charge >= 0.3 is 0 Å². The molecule has 0 saturated carbocycles. The third kappa shape index (κ3) is 4.38. The molecule has 1 aliphatic heterocycles. The largest absolute Gasteiger partial charge is 0.494 e. The first kappa shape index (κ1) is 17.5. The Morgan fingerprint density at radius 3 is 2.84 bits per heavy atom. The maximum Gasteiger partial charge on any atom is 0.227 e. The standard InChI is InChI=1S/C19H25N3O3/c1-3-24-16-9-7-15(8-10-16)19-20-17(25-21-19)11-12-18(23)22-13-5-4-6-14(22)2/h7-10,14H,3-6,11-13H2,1-2H3. The molecule has 1 amide bonds. The molecule has 1 saturated heterocycles. The van der Waals surface area contributed by atoms with E-state index in [0.29, 0.717) is 37.2 Å². The van der Waals surface area contributed by atoms with Crippen molar-refractivity contribution < 1.29 is 14.1 Å². The van der Waals surface area contributed by atoms with Crippen molar-refractivity contribution in [2.45, 2.75) is 52.0 Å². The van der Waals surface area contributed by atoms with Gasteiger partial charge in [-0.15, -0.1) is 0 Å². The lowest BCUT2D eigenvalue weighted by Gasteiger charge is -2.33. The third-order valence-corrected chi connectivity index (χ3v) is 4.57. The molecule has 0 N–H and O–H groups in total. The molecule has 0 aliphatic carbocycles. The Balaban J connectivity index is 1.57. The number of hydrogen-bond donors (Lipinski definition) is 0. The van der Waals surface area contributed by atoms with E-state index in [0.717, 1.165) is 30.7 Å². The summed E-state index contributed by atoms with van der Waals surface area (Å²) in [6, 6.07) is 7.91. The first-order chi connectivity index (χ1) is 12.2. The second-order valence-corrected chi connectivity index (χ2v) is 6.40. The molecule has 134 valence electrons. The minimum atomic E-state index is 0.174. The summed E-state index contributed by atoms with van der Waals surface area (Å²) in [5, 5.41) is 4.02. The molecule has 1 aromatic carbocycles. The average Bonchev–Trinajstić information content (AvgIpc) is 3.10. The molecule has 3 rings (SSSR count). The lowest BCUT2D eigenvalue weighted by atomic mass is 10.0. The van der Waals surface area contributed by atoms with E-state index in [1.165, 1.54) is 6.42 Å². The molecule has 6 nitrogen and oxygen atoms in total. The van der Waals surface area contributed by atoms with Crippen molar-refractivity contribution >= 4 is 5.91 Å². The minimum absolute atomic E-state index is 0.174. The van der Waals surface area contributed by atoms with Gasteiger partial charge in [-0.1, -0.05) is 5.16 Å². The number of amides is 1. The van der Waals surface area contributed by atoms with E-state index in [1.807, 2.05) is 36.1 Å². The quantitative estimate of drug-likeness (QED) is 0.803. The number of ether oxygens (including phenoxy) is 1. The zero-order valence-electron chi connectivity index (χ0n) is 14.9. The summed E-state index contributed by atoms with van der Waals surface area (Å²) in [6.07, 6.45) is 4.29. The number of carbonyl (C=O) groups is 1. The molecule has 0 bridgehead atoms. The van der Waals surface area contributed by atoms with E-state index in [2.05, 4.69) is 17.1 Å². The van der Waals surface area contributed by atoms with Crippen LogP contribution in [0.4, 0.5) is 0 Å². The molecule has 2 heterocycles. The predicted molar refractivity (Wildman–Crippen MR) is 94.3 cm³/mol. The van der Waals surface area contributed by atoms with Gasteiger partial charge in [-0.05, 0) is 57.4 Å². The Bertz CT molecular complexity index is 696. The number of aromatic nitrogens is 2. The maximum atomic E-state index is 12.4. The topological polar surface area (TPSA) is 68.5 Å². The van der Waals surface area contributed by atoms with Gasteiger partial charge in [0.25, 0.3) is 0 Å². The van der Waals surface area contributed by atoms with Crippen LogP contribution in [-0.4, -0.2) is 40.1 Å². The van der Waals surface area contributed by atoms with Gasteiger partial charge in [-0.25, -0.2) is 0 Å². The van der Waals surface area contributed by atoms with Crippen LogP contribution in [0.3, 0.4) is 0 Å². The highest BCUT2D eigenvalue weighted by molar-refractivity contribution is 5.76. The molecular formula is C19H25N3O3. The zero-order chi connectivity index (χ0) is 17.6. The number of rotatable bonds is 6. The minimum Gasteiger partial charge on any atom is -0.494 e. The van der Waals surface area contributed by atoms with Gasteiger partial charge in [0.1, 0.15) is 5.75 Å². The summed E-state index contributed by atoms with van der Waals surface area (Å²) in [6.45, 7) is 5.57. The molecule has 1 aliphatic rings. The zero-order valence-corrected chi connectivity index (χ0v) is 14.9. The summed E-state index contributed by atoms with van der Waals surface area (Å²) < 4.78 is 10.7. The van der Waals surface area contributed by atoms with Crippen LogP contribution in [0.25, 0.3) is 11.4 Å². The van der Waals surface area contributed by atoms with Crippen LogP contribution in [0, 0.1) is 0 Å². The van der Waals surface area contributed by atoms with Crippen molar-refractivity contribution in [3.63, 3.8) is 0 Å². The molecule has 2 aromatic rings. The summed E-state index contributed by atoms with van der Waals surface area (Å²) in [7, 11) is 0. The highest BCUT2D eigenvalue weighted by Gasteiger charge is 2.23. The van der Waals surface area contributed by atoms with Gasteiger partial charge < -0.3 is 14.2 Å². The number of likely N-dealkylation sites (tertiary alicyclic amines) is 1. The molecule has 1 unspecified atom stereocenters. The van der Waals surface area contributed by atoms with E-state index >= 15 is 0 Å². The Morgan fingerprint density at radius 2 is 2.12 bits per heavy atom. The van der Waals surface area contributed by atoms with Crippen molar-refractivity contribution in [3.8, 4) is 17.1 Å². The molecule has 0 spiro atoms. The van der Waals surface area contributed by atoms with Crippen LogP contribution < -0.4 is 4.74 Å². The van der Waals surface area contributed by atoms with Gasteiger partial charge in [-0.2, -0.15) is 4.98 Å². The number of aryl methyl sites for hydroxylation is 1. The monoisotopic (exact) mass is 343 g/mol. The molecule has 0 radical (unpaired) electrons. The van der Waals surface area contributed by atoms with Gasteiger partial charge in [0.2, 0.25) is 17.6 Å².